The van der Waals surface area contributed by atoms with Gasteiger partial charge in [0.25, 0.3) is 0 Å². The van der Waals surface area contributed by atoms with Gasteiger partial charge in [-0.05, 0) is 41.3 Å². The number of hydrogen-bond donors (Lipinski definition) is 0. The molecule has 0 amide bonds. The molecule has 0 radical (unpaired) electrons. The van der Waals surface area contributed by atoms with Crippen LogP contribution in [0, 0.1) is 0 Å². The summed E-state index contributed by atoms with van der Waals surface area (Å²) in [6.07, 6.45) is 11.2. The van der Waals surface area contributed by atoms with Crippen LogP contribution in [-0.4, -0.2) is 6.61 Å². The SMILES string of the molecule is CCCCCCCCCO/C=C(\C)c1ccc2ccccc2c1. The highest BCUT2D eigenvalue weighted by Crippen LogP contribution is 2.21. The van der Waals surface area contributed by atoms with Crippen molar-refractivity contribution in [3.8, 4) is 0 Å². The second-order valence-electron chi connectivity index (χ2n) is 6.35. The summed E-state index contributed by atoms with van der Waals surface area (Å²) in [5.74, 6) is 0. The summed E-state index contributed by atoms with van der Waals surface area (Å²) in [7, 11) is 0. The van der Waals surface area contributed by atoms with Crippen LogP contribution in [0.4, 0.5) is 0 Å². The lowest BCUT2D eigenvalue weighted by Crippen LogP contribution is -1.90. The van der Waals surface area contributed by atoms with Gasteiger partial charge in [-0.3, -0.25) is 0 Å². The molecule has 0 aliphatic heterocycles. The maximum absolute atomic E-state index is 5.73. The Morgan fingerprint density at radius 1 is 0.870 bits per heavy atom. The molecule has 1 nitrogen and oxygen atoms in total. The summed E-state index contributed by atoms with van der Waals surface area (Å²) in [6, 6.07) is 15.1. The zero-order chi connectivity index (χ0) is 16.3. The molecule has 124 valence electrons. The van der Waals surface area contributed by atoms with Gasteiger partial charge in [0.05, 0.1) is 12.9 Å². The fourth-order valence-electron chi connectivity index (χ4n) is 2.83. The maximum Gasteiger partial charge on any atom is 0.0873 e. The van der Waals surface area contributed by atoms with E-state index in [4.69, 9.17) is 4.74 Å². The van der Waals surface area contributed by atoms with Crippen LogP contribution in [0.5, 0.6) is 0 Å². The quantitative estimate of drug-likeness (QED) is 0.340. The van der Waals surface area contributed by atoms with Gasteiger partial charge < -0.3 is 4.74 Å². The van der Waals surface area contributed by atoms with Gasteiger partial charge in [0, 0.05) is 0 Å². The first-order valence-electron chi connectivity index (χ1n) is 9.09. The molecule has 0 N–H and O–H groups in total. The van der Waals surface area contributed by atoms with E-state index in [-0.39, 0.29) is 0 Å². The highest BCUT2D eigenvalue weighted by atomic mass is 16.5. The molecule has 0 aromatic heterocycles. The highest BCUT2D eigenvalue weighted by molar-refractivity contribution is 5.85. The summed E-state index contributed by atoms with van der Waals surface area (Å²) in [4.78, 5) is 0. The summed E-state index contributed by atoms with van der Waals surface area (Å²) < 4.78 is 5.73. The summed E-state index contributed by atoms with van der Waals surface area (Å²) >= 11 is 0. The fourth-order valence-corrected chi connectivity index (χ4v) is 2.83. The molecule has 0 fully saturated rings. The number of benzene rings is 2. The van der Waals surface area contributed by atoms with E-state index in [1.165, 1.54) is 60.4 Å². The van der Waals surface area contributed by atoms with E-state index in [9.17, 15) is 0 Å². The van der Waals surface area contributed by atoms with E-state index in [0.717, 1.165) is 13.0 Å². The predicted molar refractivity (Wildman–Crippen MR) is 102 cm³/mol. The minimum Gasteiger partial charge on any atom is -0.501 e. The Morgan fingerprint density at radius 2 is 1.57 bits per heavy atom. The van der Waals surface area contributed by atoms with Gasteiger partial charge >= 0.3 is 0 Å². The molecule has 1 heteroatoms. The Kier molecular flexibility index (Phi) is 7.72. The van der Waals surface area contributed by atoms with E-state index in [1.54, 1.807) is 0 Å². The molecule has 0 saturated heterocycles. The average molecular weight is 310 g/mol. The zero-order valence-electron chi connectivity index (χ0n) is 14.7. The smallest absolute Gasteiger partial charge is 0.0873 e. The zero-order valence-corrected chi connectivity index (χ0v) is 14.7. The molecule has 0 atom stereocenters. The molecule has 0 spiro atoms. The van der Waals surface area contributed by atoms with Crippen molar-refractivity contribution in [1.29, 1.82) is 0 Å². The molecule has 0 heterocycles. The van der Waals surface area contributed by atoms with Gasteiger partial charge in [-0.25, -0.2) is 0 Å². The van der Waals surface area contributed by atoms with Crippen molar-refractivity contribution in [2.45, 2.75) is 58.8 Å². The van der Waals surface area contributed by atoms with Gasteiger partial charge in [0.1, 0.15) is 0 Å². The van der Waals surface area contributed by atoms with Crippen LogP contribution in [-0.2, 0) is 4.74 Å². The summed E-state index contributed by atoms with van der Waals surface area (Å²) in [5.41, 5.74) is 2.43. The number of ether oxygens (including phenoxy) is 1. The largest absolute Gasteiger partial charge is 0.501 e. The van der Waals surface area contributed by atoms with Crippen molar-refractivity contribution in [2.75, 3.05) is 6.61 Å². The Hall–Kier alpha value is -1.76. The second-order valence-corrected chi connectivity index (χ2v) is 6.35. The van der Waals surface area contributed by atoms with E-state index >= 15 is 0 Å². The molecule has 0 aliphatic rings. The van der Waals surface area contributed by atoms with E-state index in [2.05, 4.69) is 56.3 Å². The van der Waals surface area contributed by atoms with Crippen molar-refractivity contribution in [3.63, 3.8) is 0 Å². The van der Waals surface area contributed by atoms with Gasteiger partial charge in [-0.15, -0.1) is 0 Å². The summed E-state index contributed by atoms with van der Waals surface area (Å²) in [6.45, 7) is 5.21. The van der Waals surface area contributed by atoms with Gasteiger partial charge in [0.2, 0.25) is 0 Å². The average Bonchev–Trinajstić information content (AvgIpc) is 2.59. The number of fused-ring (bicyclic) bond motifs is 1. The molecular formula is C22H30O. The first-order chi connectivity index (χ1) is 11.3. The molecule has 2 rings (SSSR count). The molecule has 23 heavy (non-hydrogen) atoms. The van der Waals surface area contributed by atoms with Crippen molar-refractivity contribution in [2.24, 2.45) is 0 Å². The molecule has 2 aromatic carbocycles. The number of hydrogen-bond acceptors (Lipinski definition) is 1. The topological polar surface area (TPSA) is 9.23 Å². The van der Waals surface area contributed by atoms with E-state index < -0.39 is 0 Å². The Balaban J connectivity index is 1.72. The lowest BCUT2D eigenvalue weighted by molar-refractivity contribution is 0.241. The van der Waals surface area contributed by atoms with Gasteiger partial charge in [0.15, 0.2) is 0 Å². The molecule has 0 bridgehead atoms. The third-order valence-electron chi connectivity index (χ3n) is 4.33. The fraction of sp³-hybridized carbons (Fsp3) is 0.455. The maximum atomic E-state index is 5.73. The van der Waals surface area contributed by atoms with Crippen LogP contribution < -0.4 is 0 Å². The summed E-state index contributed by atoms with van der Waals surface area (Å²) in [5, 5.41) is 2.57. The van der Waals surface area contributed by atoms with Crippen molar-refractivity contribution >= 4 is 16.3 Å². The normalized spacial score (nSPS) is 11.8. The predicted octanol–water partition coefficient (Wildman–Crippen LogP) is 6.97. The highest BCUT2D eigenvalue weighted by Gasteiger charge is 1.99. The van der Waals surface area contributed by atoms with Crippen molar-refractivity contribution < 1.29 is 4.74 Å². The standard InChI is InChI=1S/C22H30O/c1-3-4-5-6-7-8-11-16-23-18-19(2)21-15-14-20-12-9-10-13-22(20)17-21/h9-10,12-15,17-18H,3-8,11,16H2,1-2H3/b19-18+. The van der Waals surface area contributed by atoms with Crippen LogP contribution in [0.25, 0.3) is 16.3 Å². The van der Waals surface area contributed by atoms with Gasteiger partial charge in [-0.2, -0.15) is 0 Å². The third-order valence-corrected chi connectivity index (χ3v) is 4.33. The monoisotopic (exact) mass is 310 g/mol. The minimum absolute atomic E-state index is 0.832. The number of allylic oxidation sites excluding steroid dienone is 1. The Bertz CT molecular complexity index is 612. The molecule has 0 unspecified atom stereocenters. The van der Waals surface area contributed by atoms with E-state index in [1.807, 2.05) is 6.26 Å². The molecule has 2 aromatic rings. The minimum atomic E-state index is 0.832. The molecule has 0 aliphatic carbocycles. The van der Waals surface area contributed by atoms with Gasteiger partial charge in [-0.1, -0.05) is 81.8 Å². The van der Waals surface area contributed by atoms with Crippen molar-refractivity contribution in [1.82, 2.24) is 0 Å². The Labute approximate surface area is 141 Å². The van der Waals surface area contributed by atoms with Crippen LogP contribution in [0.3, 0.4) is 0 Å². The van der Waals surface area contributed by atoms with Crippen LogP contribution >= 0.6 is 0 Å². The number of rotatable bonds is 10. The third kappa shape index (κ3) is 6.09. The van der Waals surface area contributed by atoms with Crippen molar-refractivity contribution in [3.05, 3.63) is 54.3 Å². The van der Waals surface area contributed by atoms with E-state index in [0.29, 0.717) is 0 Å². The second kappa shape index (κ2) is 10.1. The van der Waals surface area contributed by atoms with Crippen LogP contribution in [0.1, 0.15) is 64.4 Å². The first kappa shape index (κ1) is 17.6. The molecular weight excluding hydrogens is 280 g/mol. The lowest BCUT2D eigenvalue weighted by Gasteiger charge is -2.06. The Morgan fingerprint density at radius 3 is 2.35 bits per heavy atom. The van der Waals surface area contributed by atoms with Crippen LogP contribution in [0.2, 0.25) is 0 Å². The van der Waals surface area contributed by atoms with Crippen LogP contribution in [0.15, 0.2) is 48.7 Å². The molecule has 0 saturated carbocycles. The lowest BCUT2D eigenvalue weighted by atomic mass is 10.0. The first-order valence-corrected chi connectivity index (χ1v) is 9.09. The number of unbranched alkanes of at least 4 members (excludes halogenated alkanes) is 6.